The van der Waals surface area contributed by atoms with E-state index in [0.29, 0.717) is 0 Å². The van der Waals surface area contributed by atoms with Crippen molar-refractivity contribution >= 4 is 29.2 Å². The molecule has 1 aromatic rings. The Morgan fingerprint density at radius 3 is 2.07 bits per heavy atom. The van der Waals surface area contributed by atoms with E-state index in [1.807, 2.05) is 0 Å². The van der Waals surface area contributed by atoms with E-state index in [1.54, 1.807) is 5.19 Å². The second-order valence-corrected chi connectivity index (χ2v) is 10.0. The summed E-state index contributed by atoms with van der Waals surface area (Å²) < 4.78 is 1.22. The number of hydrogen-bond acceptors (Lipinski definition) is 0. The van der Waals surface area contributed by atoms with E-state index in [4.69, 9.17) is 0 Å². The van der Waals surface area contributed by atoms with Crippen LogP contribution in [0.1, 0.15) is 20.8 Å². The normalized spacial score (nSPS) is 11.7. The number of benzene rings is 1. The topological polar surface area (TPSA) is 0 Å². The lowest BCUT2D eigenvalue weighted by Crippen LogP contribution is -2.45. The summed E-state index contributed by atoms with van der Waals surface area (Å²) in [5, 5.41) is 1.61. The maximum atomic E-state index is 3.56. The molecule has 0 aliphatic rings. The molecule has 0 N–H and O–H groups in total. The summed E-state index contributed by atoms with van der Waals surface area (Å²) in [5.41, 5.74) is 0. The first-order valence-corrected chi connectivity index (χ1v) is 8.86. The molecule has 0 saturated carbocycles. The van der Waals surface area contributed by atoms with E-state index < -0.39 is 8.07 Å². The molecule has 2 heteroatoms. The fourth-order valence-corrected chi connectivity index (χ4v) is 6.43. The van der Waals surface area contributed by atoms with Gasteiger partial charge in [0.25, 0.3) is 0 Å². The van der Waals surface area contributed by atoms with Gasteiger partial charge in [0, 0.05) is 4.47 Å². The molecule has 0 aliphatic heterocycles. The highest BCUT2D eigenvalue weighted by Gasteiger charge is 2.28. The van der Waals surface area contributed by atoms with Gasteiger partial charge in [0.1, 0.15) is 0 Å². The highest BCUT2D eigenvalue weighted by atomic mass is 79.9. The van der Waals surface area contributed by atoms with Crippen LogP contribution < -0.4 is 5.19 Å². The van der Waals surface area contributed by atoms with Gasteiger partial charge in [-0.05, 0) is 12.1 Å². The van der Waals surface area contributed by atoms with Crippen molar-refractivity contribution in [2.24, 2.45) is 0 Å². The molecular formula is C12H19BrSi. The molecule has 0 nitrogen and oxygen atoms in total. The van der Waals surface area contributed by atoms with Crippen LogP contribution in [0.15, 0.2) is 28.7 Å². The number of halogens is 1. The fraction of sp³-hybridized carbons (Fsp3) is 0.500. The van der Waals surface area contributed by atoms with Crippen molar-refractivity contribution in [3.8, 4) is 0 Å². The molecule has 0 radical (unpaired) electrons. The summed E-state index contributed by atoms with van der Waals surface area (Å²) >= 11 is 3.56. The van der Waals surface area contributed by atoms with Crippen LogP contribution in [0, 0.1) is 0 Å². The van der Waals surface area contributed by atoms with E-state index >= 15 is 0 Å². The van der Waals surface area contributed by atoms with Crippen LogP contribution in [0.4, 0.5) is 0 Å². The van der Waals surface area contributed by atoms with Crippen molar-refractivity contribution < 1.29 is 0 Å². The van der Waals surface area contributed by atoms with Crippen molar-refractivity contribution in [2.45, 2.75) is 38.9 Å². The maximum absolute atomic E-state index is 3.56. The molecule has 0 aromatic heterocycles. The van der Waals surface area contributed by atoms with Gasteiger partial charge in [0.2, 0.25) is 0 Å². The Morgan fingerprint density at radius 1 is 1.07 bits per heavy atom. The lowest BCUT2D eigenvalue weighted by atomic mass is 10.4. The summed E-state index contributed by atoms with van der Waals surface area (Å²) in [4.78, 5) is 0. The summed E-state index contributed by atoms with van der Waals surface area (Å²) in [6, 6.07) is 13.0. The van der Waals surface area contributed by atoms with Crippen LogP contribution in [0.3, 0.4) is 0 Å². The van der Waals surface area contributed by atoms with E-state index in [-0.39, 0.29) is 0 Å². The molecule has 0 atom stereocenters. The Kier molecular flexibility index (Phi) is 4.39. The van der Waals surface area contributed by atoms with Crippen molar-refractivity contribution in [1.82, 2.24) is 0 Å². The van der Waals surface area contributed by atoms with Gasteiger partial charge in [-0.2, -0.15) is 0 Å². The first-order chi connectivity index (χ1) is 6.68. The average Bonchev–Trinajstić information content (AvgIpc) is 2.22. The van der Waals surface area contributed by atoms with E-state index in [0.717, 1.165) is 0 Å². The van der Waals surface area contributed by atoms with Crippen LogP contribution in [0.2, 0.25) is 18.1 Å². The predicted octanol–water partition coefficient (Wildman–Crippen LogP) is 4.16. The first kappa shape index (κ1) is 12.0. The van der Waals surface area contributed by atoms with Crippen molar-refractivity contribution in [2.75, 3.05) is 0 Å². The third kappa shape index (κ3) is 2.29. The van der Waals surface area contributed by atoms with Crippen LogP contribution in [0.25, 0.3) is 0 Å². The van der Waals surface area contributed by atoms with Crippen LogP contribution in [-0.2, 0) is 0 Å². The summed E-state index contributed by atoms with van der Waals surface area (Å²) in [6.07, 6.45) is 0. The monoisotopic (exact) mass is 270 g/mol. The van der Waals surface area contributed by atoms with Crippen LogP contribution in [0.5, 0.6) is 0 Å². The van der Waals surface area contributed by atoms with Gasteiger partial charge in [-0.1, -0.05) is 72.2 Å². The minimum absolute atomic E-state index is 1.15. The second-order valence-electron chi connectivity index (χ2n) is 3.85. The standard InChI is InChI=1S/C12H19BrSi/c1-4-14(5-2,6-3)12-9-7-8-11(13)10-12/h7-10H,4-6H2,1-3H3. The van der Waals surface area contributed by atoms with Gasteiger partial charge in [-0.15, -0.1) is 0 Å². The molecule has 14 heavy (non-hydrogen) atoms. The molecule has 1 rings (SSSR count). The maximum Gasteiger partial charge on any atom is 0.0859 e. The third-order valence-corrected chi connectivity index (χ3v) is 9.56. The minimum atomic E-state index is -1.15. The smallest absolute Gasteiger partial charge is 0.0675 e. The van der Waals surface area contributed by atoms with Crippen molar-refractivity contribution in [3.63, 3.8) is 0 Å². The highest BCUT2D eigenvalue weighted by molar-refractivity contribution is 9.10. The summed E-state index contributed by atoms with van der Waals surface area (Å²) in [5.74, 6) is 0. The number of rotatable bonds is 4. The average molecular weight is 271 g/mol. The molecule has 0 aliphatic carbocycles. The Bertz CT molecular complexity index is 284. The number of hydrogen-bond donors (Lipinski definition) is 0. The second kappa shape index (κ2) is 5.13. The minimum Gasteiger partial charge on any atom is -0.0675 e. The zero-order valence-electron chi connectivity index (χ0n) is 9.31. The Balaban J connectivity index is 3.10. The summed E-state index contributed by atoms with van der Waals surface area (Å²) in [6.45, 7) is 7.04. The first-order valence-electron chi connectivity index (χ1n) is 5.44. The van der Waals surface area contributed by atoms with Gasteiger partial charge in [0.15, 0.2) is 0 Å². The molecule has 0 spiro atoms. The van der Waals surface area contributed by atoms with E-state index in [9.17, 15) is 0 Å². The van der Waals surface area contributed by atoms with Crippen molar-refractivity contribution in [3.05, 3.63) is 28.7 Å². The van der Waals surface area contributed by atoms with Gasteiger partial charge in [0.05, 0.1) is 8.07 Å². The van der Waals surface area contributed by atoms with Crippen LogP contribution >= 0.6 is 15.9 Å². The zero-order chi connectivity index (χ0) is 10.6. The quantitative estimate of drug-likeness (QED) is 0.721. The van der Waals surface area contributed by atoms with Crippen LogP contribution in [-0.4, -0.2) is 8.07 Å². The lowest BCUT2D eigenvalue weighted by Gasteiger charge is -2.28. The van der Waals surface area contributed by atoms with Gasteiger partial charge in [-0.25, -0.2) is 0 Å². The van der Waals surface area contributed by atoms with Crippen molar-refractivity contribution in [1.29, 1.82) is 0 Å². The van der Waals surface area contributed by atoms with E-state index in [2.05, 4.69) is 61.0 Å². The molecule has 0 bridgehead atoms. The molecule has 0 unspecified atom stereocenters. The van der Waals surface area contributed by atoms with E-state index in [1.165, 1.54) is 22.6 Å². The Morgan fingerprint density at radius 2 is 1.64 bits per heavy atom. The Labute approximate surface area is 96.9 Å². The molecule has 78 valence electrons. The molecule has 0 heterocycles. The molecule has 0 amide bonds. The molecule has 1 aromatic carbocycles. The van der Waals surface area contributed by atoms with Gasteiger partial charge < -0.3 is 0 Å². The largest absolute Gasteiger partial charge is 0.0859 e. The fourth-order valence-electron chi connectivity index (χ4n) is 2.18. The third-order valence-electron chi connectivity index (χ3n) is 3.47. The predicted molar refractivity (Wildman–Crippen MR) is 71.0 cm³/mol. The SMILES string of the molecule is CC[Si](CC)(CC)c1cccc(Br)c1. The molecule has 0 fully saturated rings. The molecule has 0 saturated heterocycles. The highest BCUT2D eigenvalue weighted by Crippen LogP contribution is 2.21. The Hall–Kier alpha value is -0.0831. The van der Waals surface area contributed by atoms with Gasteiger partial charge in [-0.3, -0.25) is 0 Å². The van der Waals surface area contributed by atoms with Gasteiger partial charge >= 0.3 is 0 Å². The summed E-state index contributed by atoms with van der Waals surface area (Å²) in [7, 11) is -1.15. The molecular weight excluding hydrogens is 252 g/mol. The zero-order valence-corrected chi connectivity index (χ0v) is 11.9. The lowest BCUT2D eigenvalue weighted by molar-refractivity contribution is 1.19.